The molecule has 1 aromatic carbocycles. The zero-order valence-corrected chi connectivity index (χ0v) is 14.9. The highest BCUT2D eigenvalue weighted by Crippen LogP contribution is 2.25. The number of nitrogens with zero attached hydrogens (tertiary/aromatic N) is 3. The molecule has 2 N–H and O–H groups in total. The van der Waals surface area contributed by atoms with Gasteiger partial charge in [-0.2, -0.15) is 0 Å². The SMILES string of the molecule is CN(C(=O)OC(C)(C)C)c1ccc2ncc(-c3cccc(N)c3)n2c1. The van der Waals surface area contributed by atoms with Crippen LogP contribution in [0.5, 0.6) is 0 Å². The van der Waals surface area contributed by atoms with Gasteiger partial charge in [0.25, 0.3) is 0 Å². The van der Waals surface area contributed by atoms with E-state index < -0.39 is 11.7 Å². The molecule has 0 saturated carbocycles. The van der Waals surface area contributed by atoms with Gasteiger partial charge in [-0.1, -0.05) is 12.1 Å². The molecule has 2 aromatic heterocycles. The van der Waals surface area contributed by atoms with Gasteiger partial charge in [-0.3, -0.25) is 9.30 Å². The second kappa shape index (κ2) is 6.12. The first-order valence-electron chi connectivity index (χ1n) is 8.04. The third-order valence-electron chi connectivity index (χ3n) is 3.73. The lowest BCUT2D eigenvalue weighted by molar-refractivity contribution is 0.0589. The Morgan fingerprint density at radius 3 is 2.68 bits per heavy atom. The normalized spacial score (nSPS) is 11.5. The zero-order valence-electron chi connectivity index (χ0n) is 14.9. The maximum atomic E-state index is 12.3. The number of pyridine rings is 1. The zero-order chi connectivity index (χ0) is 18.2. The van der Waals surface area contributed by atoms with Crippen molar-refractivity contribution in [1.82, 2.24) is 9.38 Å². The van der Waals surface area contributed by atoms with Gasteiger partial charge >= 0.3 is 6.09 Å². The highest BCUT2D eigenvalue weighted by atomic mass is 16.6. The van der Waals surface area contributed by atoms with Gasteiger partial charge in [0, 0.05) is 24.5 Å². The molecule has 6 heteroatoms. The lowest BCUT2D eigenvalue weighted by Crippen LogP contribution is -2.34. The number of hydrogen-bond donors (Lipinski definition) is 1. The predicted molar refractivity (Wildman–Crippen MR) is 99.7 cm³/mol. The minimum atomic E-state index is -0.544. The fraction of sp³-hybridized carbons (Fsp3) is 0.263. The smallest absolute Gasteiger partial charge is 0.414 e. The summed E-state index contributed by atoms with van der Waals surface area (Å²) in [4.78, 5) is 18.2. The number of hydrogen-bond acceptors (Lipinski definition) is 4. The van der Waals surface area contributed by atoms with E-state index in [1.54, 1.807) is 13.2 Å². The summed E-state index contributed by atoms with van der Waals surface area (Å²) in [5, 5.41) is 0. The topological polar surface area (TPSA) is 72.9 Å². The largest absolute Gasteiger partial charge is 0.443 e. The maximum Gasteiger partial charge on any atom is 0.414 e. The average Bonchev–Trinajstić information content (AvgIpc) is 2.95. The van der Waals surface area contributed by atoms with Crippen LogP contribution in [0.15, 0.2) is 48.8 Å². The van der Waals surface area contributed by atoms with Gasteiger partial charge in [-0.25, -0.2) is 9.78 Å². The van der Waals surface area contributed by atoms with Gasteiger partial charge in [-0.05, 0) is 45.0 Å². The molecule has 0 fully saturated rings. The number of carbonyl (C=O) groups excluding carboxylic acids is 1. The molecule has 3 aromatic rings. The molecule has 0 atom stereocenters. The van der Waals surface area contributed by atoms with Crippen LogP contribution in [0.2, 0.25) is 0 Å². The molecule has 3 rings (SSSR count). The monoisotopic (exact) mass is 338 g/mol. The Kier molecular flexibility index (Phi) is 4.12. The molecule has 1 amide bonds. The molecule has 0 saturated heterocycles. The van der Waals surface area contributed by atoms with Crippen LogP contribution >= 0.6 is 0 Å². The number of aromatic nitrogens is 2. The molecule has 0 radical (unpaired) electrons. The van der Waals surface area contributed by atoms with E-state index in [-0.39, 0.29) is 0 Å². The van der Waals surface area contributed by atoms with Crippen molar-refractivity contribution in [3.63, 3.8) is 0 Å². The van der Waals surface area contributed by atoms with E-state index in [2.05, 4.69) is 4.98 Å². The number of carbonyl (C=O) groups is 1. The standard InChI is InChI=1S/C19H22N4O2/c1-19(2,3)25-18(24)22(4)15-8-9-17-21-11-16(23(17)12-15)13-6-5-7-14(20)10-13/h5-12H,20H2,1-4H3. The maximum absolute atomic E-state index is 12.3. The fourth-order valence-electron chi connectivity index (χ4n) is 2.52. The van der Waals surface area contributed by atoms with Crippen LogP contribution in [0.1, 0.15) is 20.8 Å². The van der Waals surface area contributed by atoms with Crippen LogP contribution in [-0.2, 0) is 4.74 Å². The minimum Gasteiger partial charge on any atom is -0.443 e. The van der Waals surface area contributed by atoms with Crippen molar-refractivity contribution in [3.05, 3.63) is 48.8 Å². The summed E-state index contributed by atoms with van der Waals surface area (Å²) in [7, 11) is 1.69. The quantitative estimate of drug-likeness (QED) is 0.718. The molecule has 2 heterocycles. The molecule has 0 aliphatic rings. The van der Waals surface area contributed by atoms with E-state index in [4.69, 9.17) is 10.5 Å². The summed E-state index contributed by atoms with van der Waals surface area (Å²) in [5.74, 6) is 0. The summed E-state index contributed by atoms with van der Waals surface area (Å²) in [6.45, 7) is 5.53. The van der Waals surface area contributed by atoms with E-state index in [9.17, 15) is 4.79 Å². The van der Waals surface area contributed by atoms with Crippen molar-refractivity contribution in [2.45, 2.75) is 26.4 Å². The number of amides is 1. The number of nitrogen functional groups attached to an aromatic ring is 1. The molecule has 25 heavy (non-hydrogen) atoms. The summed E-state index contributed by atoms with van der Waals surface area (Å²) < 4.78 is 7.36. The van der Waals surface area contributed by atoms with Crippen LogP contribution in [0.4, 0.5) is 16.2 Å². The van der Waals surface area contributed by atoms with Crippen molar-refractivity contribution >= 4 is 23.1 Å². The third-order valence-corrected chi connectivity index (χ3v) is 3.73. The molecule has 130 valence electrons. The number of nitrogens with two attached hydrogens (primary N) is 1. The van der Waals surface area contributed by atoms with Crippen molar-refractivity contribution in [3.8, 4) is 11.3 Å². The van der Waals surface area contributed by atoms with Gasteiger partial charge in [0.15, 0.2) is 0 Å². The molecule has 0 bridgehead atoms. The van der Waals surface area contributed by atoms with Crippen LogP contribution < -0.4 is 10.6 Å². The number of anilines is 2. The van der Waals surface area contributed by atoms with Crippen LogP contribution in [-0.4, -0.2) is 28.1 Å². The Labute approximate surface area is 146 Å². The average molecular weight is 338 g/mol. The number of benzene rings is 1. The van der Waals surface area contributed by atoms with Crippen molar-refractivity contribution in [2.75, 3.05) is 17.7 Å². The van der Waals surface area contributed by atoms with E-state index >= 15 is 0 Å². The molecular formula is C19H22N4O2. The van der Waals surface area contributed by atoms with E-state index in [0.717, 1.165) is 16.9 Å². The van der Waals surface area contributed by atoms with Gasteiger partial charge in [0.1, 0.15) is 11.2 Å². The molecule has 0 spiro atoms. The van der Waals surface area contributed by atoms with E-state index in [0.29, 0.717) is 11.4 Å². The van der Waals surface area contributed by atoms with Crippen molar-refractivity contribution in [1.29, 1.82) is 0 Å². The van der Waals surface area contributed by atoms with Crippen LogP contribution in [0.25, 0.3) is 16.9 Å². The number of ether oxygens (including phenoxy) is 1. The highest BCUT2D eigenvalue weighted by Gasteiger charge is 2.21. The first-order valence-corrected chi connectivity index (χ1v) is 8.04. The van der Waals surface area contributed by atoms with Crippen LogP contribution in [0, 0.1) is 0 Å². The van der Waals surface area contributed by atoms with Gasteiger partial charge in [0.05, 0.1) is 17.6 Å². The van der Waals surface area contributed by atoms with E-state index in [1.807, 2.05) is 67.8 Å². The number of rotatable bonds is 2. The Balaban J connectivity index is 1.99. The molecule has 0 aliphatic carbocycles. The number of imidazole rings is 1. The second-order valence-corrected chi connectivity index (χ2v) is 6.92. The lowest BCUT2D eigenvalue weighted by atomic mass is 10.1. The summed E-state index contributed by atoms with van der Waals surface area (Å²) in [6, 6.07) is 11.3. The Morgan fingerprint density at radius 2 is 2.00 bits per heavy atom. The molecule has 0 aliphatic heterocycles. The second-order valence-electron chi connectivity index (χ2n) is 6.92. The highest BCUT2D eigenvalue weighted by molar-refractivity contribution is 5.87. The Hall–Kier alpha value is -3.02. The molecular weight excluding hydrogens is 316 g/mol. The van der Waals surface area contributed by atoms with Gasteiger partial charge in [-0.15, -0.1) is 0 Å². The first kappa shape index (κ1) is 16.8. The van der Waals surface area contributed by atoms with Gasteiger partial charge < -0.3 is 10.5 Å². The van der Waals surface area contributed by atoms with E-state index in [1.165, 1.54) is 4.90 Å². The fourth-order valence-corrected chi connectivity index (χ4v) is 2.52. The van der Waals surface area contributed by atoms with Gasteiger partial charge in [0.2, 0.25) is 0 Å². The molecule has 0 unspecified atom stereocenters. The summed E-state index contributed by atoms with van der Waals surface area (Å²) in [5.41, 5.74) is 9.40. The Bertz CT molecular complexity index is 925. The number of fused-ring (bicyclic) bond motifs is 1. The first-order chi connectivity index (χ1) is 11.7. The summed E-state index contributed by atoms with van der Waals surface area (Å²) >= 11 is 0. The van der Waals surface area contributed by atoms with Crippen LogP contribution in [0.3, 0.4) is 0 Å². The lowest BCUT2D eigenvalue weighted by Gasteiger charge is -2.24. The Morgan fingerprint density at radius 1 is 1.24 bits per heavy atom. The minimum absolute atomic E-state index is 0.405. The van der Waals surface area contributed by atoms with Crippen molar-refractivity contribution < 1.29 is 9.53 Å². The summed E-state index contributed by atoms with van der Waals surface area (Å²) in [6.07, 6.45) is 3.25. The predicted octanol–water partition coefficient (Wildman–Crippen LogP) is 3.95. The van der Waals surface area contributed by atoms with Crippen molar-refractivity contribution in [2.24, 2.45) is 0 Å². The third kappa shape index (κ3) is 3.57. The molecule has 6 nitrogen and oxygen atoms in total.